The van der Waals surface area contributed by atoms with E-state index in [1.54, 1.807) is 22.2 Å². The summed E-state index contributed by atoms with van der Waals surface area (Å²) >= 11 is 0. The maximum atomic E-state index is 4.26. The Hall–Kier alpha value is 0.649. The van der Waals surface area contributed by atoms with E-state index in [4.69, 9.17) is 0 Å². The van der Waals surface area contributed by atoms with Gasteiger partial charge in [-0.05, 0) is 31.3 Å². The summed E-state index contributed by atoms with van der Waals surface area (Å²) in [4.78, 5) is 0. The second-order valence-corrected chi connectivity index (χ2v) is 5.31. The molecule has 0 saturated heterocycles. The predicted molar refractivity (Wildman–Crippen MR) is 65.8 cm³/mol. The molecule has 0 aromatic rings. The molecule has 0 amide bonds. The third-order valence-corrected chi connectivity index (χ3v) is 4.17. The van der Waals surface area contributed by atoms with Gasteiger partial charge in [-0.25, -0.2) is 0 Å². The predicted octanol–water partition coefficient (Wildman–Crippen LogP) is 3.88. The minimum atomic E-state index is 0. The summed E-state index contributed by atoms with van der Waals surface area (Å²) in [6.45, 7) is 4.26. The van der Waals surface area contributed by atoms with E-state index in [0.717, 1.165) is 0 Å². The molecule has 0 bridgehead atoms. The molecule has 1 atom stereocenters. The number of hydrogen-bond donors (Lipinski definition) is 0. The van der Waals surface area contributed by atoms with E-state index in [1.165, 1.54) is 51.3 Å². The van der Waals surface area contributed by atoms with Gasteiger partial charge in [0.05, 0.1) is 0 Å². The normalized spacial score (nSPS) is 28.9. The Morgan fingerprint density at radius 3 is 2.69 bits per heavy atom. The molecule has 0 aromatic carbocycles. The van der Waals surface area contributed by atoms with Gasteiger partial charge in [0.25, 0.3) is 0 Å². The molecule has 3 aliphatic rings. The largest absolute Gasteiger partial charge is 0.340 e. The summed E-state index contributed by atoms with van der Waals surface area (Å²) < 4.78 is 0. The minimum Gasteiger partial charge on any atom is -0.340 e. The Kier molecular flexibility index (Phi) is 4.52. The Morgan fingerprint density at radius 1 is 1.00 bits per heavy atom. The van der Waals surface area contributed by atoms with Gasteiger partial charge in [0.1, 0.15) is 7.28 Å². The Morgan fingerprint density at radius 2 is 1.81 bits per heavy atom. The van der Waals surface area contributed by atoms with Crippen molar-refractivity contribution in [2.75, 3.05) is 0 Å². The van der Waals surface area contributed by atoms with Gasteiger partial charge in [-0.2, -0.15) is 5.92 Å². The summed E-state index contributed by atoms with van der Waals surface area (Å²) in [5.41, 5.74) is 6.91. The molecule has 0 fully saturated rings. The van der Waals surface area contributed by atoms with Crippen molar-refractivity contribution in [2.45, 2.75) is 51.3 Å². The molecule has 16 heavy (non-hydrogen) atoms. The Bertz CT molecular complexity index is 341. The van der Waals surface area contributed by atoms with E-state index in [-0.39, 0.29) is 32.7 Å². The fraction of sp³-hybridized carbons (Fsp3) is 0.643. The average molecular weight is 287 g/mol. The second-order valence-electron chi connectivity index (χ2n) is 5.31. The maximum absolute atomic E-state index is 4.26. The molecule has 0 N–H and O–H groups in total. The molecular formula is C14H19BY-. The molecule has 1 unspecified atom stereocenters. The molecule has 1 heterocycles. The van der Waals surface area contributed by atoms with Crippen LogP contribution in [-0.4, -0.2) is 7.28 Å². The maximum Gasteiger partial charge on any atom is 0.146 e. The van der Waals surface area contributed by atoms with Gasteiger partial charge < -0.3 is 6.92 Å². The van der Waals surface area contributed by atoms with Crippen molar-refractivity contribution in [3.05, 3.63) is 29.1 Å². The molecule has 2 heteroatoms. The minimum absolute atomic E-state index is 0. The van der Waals surface area contributed by atoms with Crippen LogP contribution in [0.25, 0.3) is 0 Å². The number of allylic oxidation sites excluding steroid dienone is 4. The van der Waals surface area contributed by atoms with Crippen LogP contribution in [0.3, 0.4) is 0 Å². The molecule has 3 rings (SSSR count). The first-order valence-corrected chi connectivity index (χ1v) is 6.44. The van der Waals surface area contributed by atoms with Crippen molar-refractivity contribution >= 4 is 7.28 Å². The number of rotatable bonds is 0. The van der Waals surface area contributed by atoms with Crippen LogP contribution in [-0.2, 0) is 32.7 Å². The quantitative estimate of drug-likeness (QED) is 0.468. The van der Waals surface area contributed by atoms with Crippen LogP contribution in [0.4, 0.5) is 0 Å². The van der Waals surface area contributed by atoms with Crippen molar-refractivity contribution in [1.82, 2.24) is 0 Å². The summed E-state index contributed by atoms with van der Waals surface area (Å²) in [7, 11) is 2.52. The van der Waals surface area contributed by atoms with Crippen molar-refractivity contribution < 1.29 is 32.7 Å². The third kappa shape index (κ3) is 2.41. The van der Waals surface area contributed by atoms with Crippen molar-refractivity contribution in [2.24, 2.45) is 5.92 Å². The molecule has 2 radical (unpaired) electrons. The van der Waals surface area contributed by atoms with E-state index >= 15 is 0 Å². The van der Waals surface area contributed by atoms with Gasteiger partial charge in [0.15, 0.2) is 0 Å². The van der Waals surface area contributed by atoms with Gasteiger partial charge >= 0.3 is 0 Å². The van der Waals surface area contributed by atoms with Crippen LogP contribution in [0.1, 0.15) is 44.9 Å². The molecule has 0 aromatic heterocycles. The van der Waals surface area contributed by atoms with Gasteiger partial charge in [-0.15, -0.1) is 5.47 Å². The van der Waals surface area contributed by atoms with E-state index in [0.29, 0.717) is 5.92 Å². The second kappa shape index (κ2) is 5.53. The zero-order chi connectivity index (χ0) is 10.3. The zero-order valence-electron chi connectivity index (χ0n) is 10.1. The van der Waals surface area contributed by atoms with Gasteiger partial charge in [-0.3, -0.25) is 0 Å². The summed E-state index contributed by atoms with van der Waals surface area (Å²) in [5.74, 6) is 0.670. The SMILES string of the molecule is [CH2-]C1CC2=C(C1)C1=C([B]CC2)CCCC1.[Y]. The first-order valence-electron chi connectivity index (χ1n) is 6.44. The number of hydrogen-bond acceptors (Lipinski definition) is 0. The van der Waals surface area contributed by atoms with E-state index in [2.05, 4.69) is 14.2 Å². The van der Waals surface area contributed by atoms with Gasteiger partial charge in [-0.1, -0.05) is 36.7 Å². The van der Waals surface area contributed by atoms with Crippen LogP contribution in [0.5, 0.6) is 0 Å². The molecule has 82 valence electrons. The molecule has 0 saturated carbocycles. The van der Waals surface area contributed by atoms with Crippen molar-refractivity contribution in [1.29, 1.82) is 0 Å². The Labute approximate surface area is 125 Å². The topological polar surface area (TPSA) is 0 Å². The summed E-state index contributed by atoms with van der Waals surface area (Å²) in [6.07, 6.45) is 10.6. The molecular weight excluding hydrogens is 268 g/mol. The van der Waals surface area contributed by atoms with E-state index < -0.39 is 0 Å². The standard InChI is InChI=1S/C14H19B.Y/c1-10-8-11-6-7-15-14-5-3-2-4-12(14)13(11)9-10;/h10H,1-9H2;/q-1;. The van der Waals surface area contributed by atoms with E-state index in [1.807, 2.05) is 0 Å². The first-order chi connectivity index (χ1) is 7.34. The molecule has 2 aliphatic carbocycles. The van der Waals surface area contributed by atoms with Crippen LogP contribution in [0.15, 0.2) is 22.2 Å². The van der Waals surface area contributed by atoms with E-state index in [9.17, 15) is 0 Å². The van der Waals surface area contributed by atoms with Crippen LogP contribution < -0.4 is 0 Å². The average Bonchev–Trinajstić information content (AvgIpc) is 2.52. The van der Waals surface area contributed by atoms with Crippen LogP contribution >= 0.6 is 0 Å². The molecule has 0 nitrogen and oxygen atoms in total. The zero-order valence-corrected chi connectivity index (χ0v) is 12.9. The smallest absolute Gasteiger partial charge is 0.146 e. The Balaban J connectivity index is 0.000000963. The fourth-order valence-electron chi connectivity index (χ4n) is 3.49. The third-order valence-electron chi connectivity index (χ3n) is 4.17. The van der Waals surface area contributed by atoms with Crippen molar-refractivity contribution in [3.8, 4) is 0 Å². The molecule has 0 spiro atoms. The van der Waals surface area contributed by atoms with Gasteiger partial charge in [0.2, 0.25) is 0 Å². The fourth-order valence-corrected chi connectivity index (χ4v) is 3.49. The van der Waals surface area contributed by atoms with Crippen molar-refractivity contribution in [3.63, 3.8) is 0 Å². The monoisotopic (exact) mass is 287 g/mol. The van der Waals surface area contributed by atoms with Crippen LogP contribution in [0, 0.1) is 12.8 Å². The molecule has 1 aliphatic heterocycles. The summed E-state index contributed by atoms with van der Waals surface area (Å²) in [6, 6.07) is 0. The van der Waals surface area contributed by atoms with Crippen LogP contribution in [0.2, 0.25) is 6.32 Å². The van der Waals surface area contributed by atoms with Gasteiger partial charge in [0, 0.05) is 32.7 Å². The number of fused-ring (bicyclic) bond motifs is 1. The first kappa shape index (κ1) is 13.1. The summed E-state index contributed by atoms with van der Waals surface area (Å²) in [5, 5.41) is 0.